The molecular formula is C13H17Cl2FN2O. The number of piperidine rings is 1. The lowest BCUT2D eigenvalue weighted by atomic mass is 9.96. The predicted octanol–water partition coefficient (Wildman–Crippen LogP) is 2.71. The van der Waals surface area contributed by atoms with Crippen LogP contribution in [0, 0.1) is 11.7 Å². The molecule has 0 radical (unpaired) electrons. The molecule has 1 aliphatic rings. The highest BCUT2D eigenvalue weighted by atomic mass is 35.5. The predicted molar refractivity (Wildman–Crippen MR) is 76.3 cm³/mol. The van der Waals surface area contributed by atoms with Crippen molar-refractivity contribution in [3.05, 3.63) is 34.6 Å². The smallest absolute Gasteiger partial charge is 0.256 e. The van der Waals surface area contributed by atoms with E-state index in [4.69, 9.17) is 17.3 Å². The number of nitrogens with two attached hydrogens (primary N) is 1. The maximum atomic E-state index is 13.6. The third-order valence-corrected chi connectivity index (χ3v) is 3.63. The maximum Gasteiger partial charge on any atom is 0.256 e. The molecule has 0 unspecified atom stereocenters. The summed E-state index contributed by atoms with van der Waals surface area (Å²) in [7, 11) is 0. The Morgan fingerprint density at radius 1 is 1.42 bits per heavy atom. The number of nitrogens with zero attached hydrogens (tertiary/aromatic N) is 1. The summed E-state index contributed by atoms with van der Waals surface area (Å²) >= 11 is 5.67. The summed E-state index contributed by atoms with van der Waals surface area (Å²) in [5, 5.41) is 0.297. The van der Waals surface area contributed by atoms with Crippen molar-refractivity contribution in [3.63, 3.8) is 0 Å². The van der Waals surface area contributed by atoms with Crippen LogP contribution < -0.4 is 5.73 Å². The van der Waals surface area contributed by atoms with Gasteiger partial charge in [-0.1, -0.05) is 11.6 Å². The number of benzene rings is 1. The molecule has 1 saturated heterocycles. The van der Waals surface area contributed by atoms with Gasteiger partial charge in [-0.05, 0) is 43.5 Å². The average Bonchev–Trinajstić information content (AvgIpc) is 2.38. The molecule has 106 valence electrons. The van der Waals surface area contributed by atoms with Gasteiger partial charge in [0.05, 0.1) is 5.56 Å². The molecule has 0 aliphatic carbocycles. The maximum absolute atomic E-state index is 13.6. The van der Waals surface area contributed by atoms with Crippen molar-refractivity contribution in [3.8, 4) is 0 Å². The van der Waals surface area contributed by atoms with Crippen LogP contribution in [0.4, 0.5) is 4.39 Å². The molecule has 0 atom stereocenters. The van der Waals surface area contributed by atoms with E-state index >= 15 is 0 Å². The molecule has 1 aliphatic heterocycles. The first-order chi connectivity index (χ1) is 8.61. The second-order valence-electron chi connectivity index (χ2n) is 4.60. The summed E-state index contributed by atoms with van der Waals surface area (Å²) < 4.78 is 13.6. The highest BCUT2D eigenvalue weighted by Crippen LogP contribution is 2.20. The van der Waals surface area contributed by atoms with Gasteiger partial charge >= 0.3 is 0 Å². The Morgan fingerprint density at radius 3 is 2.58 bits per heavy atom. The van der Waals surface area contributed by atoms with Crippen LogP contribution in [0.15, 0.2) is 18.2 Å². The van der Waals surface area contributed by atoms with E-state index in [0.717, 1.165) is 12.8 Å². The Balaban J connectivity index is 0.00000180. The quantitative estimate of drug-likeness (QED) is 0.913. The number of rotatable bonds is 2. The van der Waals surface area contributed by atoms with Crippen molar-refractivity contribution in [2.45, 2.75) is 12.8 Å². The lowest BCUT2D eigenvalue weighted by molar-refractivity contribution is 0.0688. The van der Waals surface area contributed by atoms with Crippen LogP contribution in [-0.2, 0) is 0 Å². The monoisotopic (exact) mass is 306 g/mol. The van der Waals surface area contributed by atoms with Gasteiger partial charge in [0.2, 0.25) is 0 Å². The molecule has 1 amide bonds. The van der Waals surface area contributed by atoms with Crippen molar-refractivity contribution in [1.29, 1.82) is 0 Å². The van der Waals surface area contributed by atoms with Crippen LogP contribution in [-0.4, -0.2) is 30.4 Å². The van der Waals surface area contributed by atoms with E-state index in [0.29, 0.717) is 30.6 Å². The SMILES string of the molecule is Cl.NCC1CCN(C(=O)c2ccc(Cl)cc2F)CC1. The Labute approximate surface area is 123 Å². The van der Waals surface area contributed by atoms with Crippen molar-refractivity contribution >= 4 is 29.9 Å². The molecular weight excluding hydrogens is 290 g/mol. The molecule has 0 aromatic heterocycles. The fourth-order valence-corrected chi connectivity index (χ4v) is 2.36. The number of amides is 1. The van der Waals surface area contributed by atoms with E-state index in [1.807, 2.05) is 0 Å². The van der Waals surface area contributed by atoms with E-state index in [1.54, 1.807) is 4.90 Å². The van der Waals surface area contributed by atoms with Crippen LogP contribution in [0.2, 0.25) is 5.02 Å². The van der Waals surface area contributed by atoms with Crippen molar-refractivity contribution < 1.29 is 9.18 Å². The van der Waals surface area contributed by atoms with E-state index in [2.05, 4.69) is 0 Å². The third-order valence-electron chi connectivity index (χ3n) is 3.40. The fourth-order valence-electron chi connectivity index (χ4n) is 2.21. The fraction of sp³-hybridized carbons (Fsp3) is 0.462. The Kier molecular flexibility index (Phi) is 6.04. The first-order valence-corrected chi connectivity index (χ1v) is 6.44. The van der Waals surface area contributed by atoms with Gasteiger partial charge in [0.1, 0.15) is 5.82 Å². The number of halogens is 3. The number of hydrogen-bond donors (Lipinski definition) is 1. The lowest BCUT2D eigenvalue weighted by Gasteiger charge is -2.31. The molecule has 3 nitrogen and oxygen atoms in total. The van der Waals surface area contributed by atoms with Gasteiger partial charge in [-0.15, -0.1) is 12.4 Å². The van der Waals surface area contributed by atoms with Crippen molar-refractivity contribution in [2.75, 3.05) is 19.6 Å². The second kappa shape index (κ2) is 7.08. The van der Waals surface area contributed by atoms with Crippen LogP contribution in [0.25, 0.3) is 0 Å². The Morgan fingerprint density at radius 2 is 2.05 bits per heavy atom. The summed E-state index contributed by atoms with van der Waals surface area (Å²) in [4.78, 5) is 13.8. The minimum Gasteiger partial charge on any atom is -0.339 e. The zero-order chi connectivity index (χ0) is 13.1. The third kappa shape index (κ3) is 3.81. The van der Waals surface area contributed by atoms with E-state index < -0.39 is 5.82 Å². The van der Waals surface area contributed by atoms with Crippen molar-refractivity contribution in [1.82, 2.24) is 4.90 Å². The number of carbonyl (C=O) groups excluding carboxylic acids is 1. The molecule has 6 heteroatoms. The first kappa shape index (κ1) is 16.2. The molecule has 2 rings (SSSR count). The summed E-state index contributed by atoms with van der Waals surface area (Å²) in [6, 6.07) is 4.14. The summed E-state index contributed by atoms with van der Waals surface area (Å²) in [5.74, 6) is -0.350. The average molecular weight is 307 g/mol. The molecule has 0 saturated carbocycles. The number of carbonyl (C=O) groups is 1. The van der Waals surface area contributed by atoms with Gasteiger partial charge in [0, 0.05) is 18.1 Å². The van der Waals surface area contributed by atoms with Gasteiger partial charge in [0.25, 0.3) is 5.91 Å². The number of likely N-dealkylation sites (tertiary alicyclic amines) is 1. The second-order valence-corrected chi connectivity index (χ2v) is 5.03. The van der Waals surface area contributed by atoms with Crippen LogP contribution in [0.1, 0.15) is 23.2 Å². The summed E-state index contributed by atoms with van der Waals surface area (Å²) in [6.07, 6.45) is 1.77. The Bertz CT molecular complexity index is 448. The van der Waals surface area contributed by atoms with Crippen LogP contribution in [0.3, 0.4) is 0 Å². The van der Waals surface area contributed by atoms with Gasteiger partial charge in [-0.3, -0.25) is 4.79 Å². The van der Waals surface area contributed by atoms with Gasteiger partial charge < -0.3 is 10.6 Å². The molecule has 1 fully saturated rings. The Hall–Kier alpha value is -0.840. The molecule has 19 heavy (non-hydrogen) atoms. The summed E-state index contributed by atoms with van der Waals surface area (Å²) in [5.41, 5.74) is 5.69. The zero-order valence-corrected chi connectivity index (χ0v) is 12.0. The van der Waals surface area contributed by atoms with E-state index in [1.165, 1.54) is 18.2 Å². The van der Waals surface area contributed by atoms with Crippen LogP contribution in [0.5, 0.6) is 0 Å². The largest absolute Gasteiger partial charge is 0.339 e. The standard InChI is InChI=1S/C13H16ClFN2O.ClH/c14-10-1-2-11(12(15)7-10)13(18)17-5-3-9(8-16)4-6-17;/h1-2,7,9H,3-6,8,16H2;1H. The lowest BCUT2D eigenvalue weighted by Crippen LogP contribution is -2.40. The normalized spacial score (nSPS) is 16.1. The number of hydrogen-bond acceptors (Lipinski definition) is 2. The van der Waals surface area contributed by atoms with E-state index in [9.17, 15) is 9.18 Å². The summed E-state index contributed by atoms with van der Waals surface area (Å²) in [6.45, 7) is 1.93. The van der Waals surface area contributed by atoms with Crippen molar-refractivity contribution in [2.24, 2.45) is 11.7 Å². The molecule has 2 N–H and O–H groups in total. The molecule has 0 spiro atoms. The highest BCUT2D eigenvalue weighted by molar-refractivity contribution is 6.30. The van der Waals surface area contributed by atoms with E-state index in [-0.39, 0.29) is 23.9 Å². The topological polar surface area (TPSA) is 46.3 Å². The molecule has 0 bridgehead atoms. The minimum absolute atomic E-state index is 0. The zero-order valence-electron chi connectivity index (χ0n) is 10.4. The van der Waals surface area contributed by atoms with Crippen LogP contribution >= 0.6 is 24.0 Å². The molecule has 1 aromatic rings. The van der Waals surface area contributed by atoms with Gasteiger partial charge in [-0.2, -0.15) is 0 Å². The highest BCUT2D eigenvalue weighted by Gasteiger charge is 2.24. The molecule has 1 aromatic carbocycles. The first-order valence-electron chi connectivity index (χ1n) is 6.06. The molecule has 1 heterocycles. The van der Waals surface area contributed by atoms with Gasteiger partial charge in [0.15, 0.2) is 0 Å². The minimum atomic E-state index is -0.562. The van der Waals surface area contributed by atoms with Gasteiger partial charge in [-0.25, -0.2) is 4.39 Å².